The number of nitrogens with one attached hydrogen (secondary N) is 1. The molecule has 0 unspecified atom stereocenters. The lowest BCUT2D eigenvalue weighted by Crippen LogP contribution is -1.87. The smallest absolute Gasteiger partial charge is 0.0409 e. The van der Waals surface area contributed by atoms with E-state index in [-0.39, 0.29) is 0 Å². The van der Waals surface area contributed by atoms with E-state index in [1.165, 1.54) is 10.9 Å². The minimum absolute atomic E-state index is 0.850. The molecular weight excluding hydrogens is 148 g/mol. The molecule has 1 aromatic heterocycles. The Morgan fingerprint density at radius 1 is 1.25 bits per heavy atom. The molecular formula is C10H12N2. The summed E-state index contributed by atoms with van der Waals surface area (Å²) < 4.78 is 0. The summed E-state index contributed by atoms with van der Waals surface area (Å²) in [6, 6.07) is 4.06. The van der Waals surface area contributed by atoms with Crippen molar-refractivity contribution < 1.29 is 0 Å². The fraction of sp³-hybridized carbons (Fsp3) is 0.200. The molecule has 1 heterocycles. The Hall–Kier alpha value is -1.44. The topological polar surface area (TPSA) is 41.8 Å². The summed E-state index contributed by atoms with van der Waals surface area (Å²) in [6.07, 6.45) is 5.00. The van der Waals surface area contributed by atoms with Gasteiger partial charge in [0.2, 0.25) is 0 Å². The van der Waals surface area contributed by atoms with E-state index >= 15 is 0 Å². The second-order valence-corrected chi connectivity index (χ2v) is 2.95. The number of aromatic amines is 1. The second-order valence-electron chi connectivity index (χ2n) is 2.95. The Labute approximate surface area is 71.4 Å². The number of benzene rings is 1. The number of hydrogen-bond donors (Lipinski definition) is 2. The Balaban J connectivity index is 2.82. The maximum absolute atomic E-state index is 5.80. The van der Waals surface area contributed by atoms with Crippen LogP contribution in [0, 0.1) is 0 Å². The number of aromatic nitrogens is 1. The third-order valence-corrected chi connectivity index (χ3v) is 2.25. The van der Waals surface area contributed by atoms with Crippen LogP contribution in [0.4, 0.5) is 5.69 Å². The summed E-state index contributed by atoms with van der Waals surface area (Å²) in [5.41, 5.74) is 8.00. The van der Waals surface area contributed by atoms with Crippen molar-refractivity contribution in [1.82, 2.24) is 4.98 Å². The number of H-pyrrole nitrogens is 1. The lowest BCUT2D eigenvalue weighted by molar-refractivity contribution is 1.16. The third-order valence-electron chi connectivity index (χ3n) is 2.25. The van der Waals surface area contributed by atoms with Crippen LogP contribution >= 0.6 is 0 Å². The Morgan fingerprint density at radius 3 is 2.75 bits per heavy atom. The quantitative estimate of drug-likeness (QED) is 0.617. The lowest BCUT2D eigenvalue weighted by Gasteiger charge is -2.01. The Morgan fingerprint density at radius 2 is 2.00 bits per heavy atom. The van der Waals surface area contributed by atoms with E-state index in [4.69, 9.17) is 5.73 Å². The van der Waals surface area contributed by atoms with Gasteiger partial charge < -0.3 is 10.7 Å². The van der Waals surface area contributed by atoms with Crippen molar-refractivity contribution in [2.75, 3.05) is 5.73 Å². The van der Waals surface area contributed by atoms with Crippen molar-refractivity contribution in [3.05, 3.63) is 30.1 Å². The molecule has 0 amide bonds. The van der Waals surface area contributed by atoms with E-state index in [1.807, 2.05) is 18.5 Å². The summed E-state index contributed by atoms with van der Waals surface area (Å²) in [5, 5.41) is 2.38. The van der Waals surface area contributed by atoms with Gasteiger partial charge in [0.05, 0.1) is 0 Å². The normalized spacial score (nSPS) is 10.8. The van der Waals surface area contributed by atoms with Crippen molar-refractivity contribution in [3.63, 3.8) is 0 Å². The van der Waals surface area contributed by atoms with Crippen LogP contribution in [0.1, 0.15) is 12.5 Å². The zero-order valence-electron chi connectivity index (χ0n) is 7.09. The van der Waals surface area contributed by atoms with E-state index in [2.05, 4.69) is 18.0 Å². The molecule has 0 bridgehead atoms. The highest BCUT2D eigenvalue weighted by Crippen LogP contribution is 2.24. The van der Waals surface area contributed by atoms with Crippen LogP contribution < -0.4 is 5.73 Å². The molecule has 0 aliphatic rings. The molecule has 2 nitrogen and oxygen atoms in total. The summed E-state index contributed by atoms with van der Waals surface area (Å²) in [5.74, 6) is 0. The van der Waals surface area contributed by atoms with E-state index in [1.54, 1.807) is 0 Å². The van der Waals surface area contributed by atoms with Crippen molar-refractivity contribution in [2.24, 2.45) is 0 Å². The van der Waals surface area contributed by atoms with Crippen molar-refractivity contribution in [2.45, 2.75) is 13.3 Å². The largest absolute Gasteiger partial charge is 0.398 e. The highest BCUT2D eigenvalue weighted by atomic mass is 14.7. The van der Waals surface area contributed by atoms with Gasteiger partial charge in [0.25, 0.3) is 0 Å². The van der Waals surface area contributed by atoms with Gasteiger partial charge in [-0.2, -0.15) is 0 Å². The molecule has 2 aromatic rings. The van der Waals surface area contributed by atoms with E-state index in [0.29, 0.717) is 0 Å². The molecule has 12 heavy (non-hydrogen) atoms. The molecule has 0 spiro atoms. The Kier molecular flexibility index (Phi) is 1.54. The number of nitrogens with two attached hydrogens (primary N) is 1. The molecule has 0 saturated carbocycles. The lowest BCUT2D eigenvalue weighted by atomic mass is 10.1. The van der Waals surface area contributed by atoms with Crippen LogP contribution in [0.15, 0.2) is 24.5 Å². The van der Waals surface area contributed by atoms with Crippen LogP contribution in [0.25, 0.3) is 10.8 Å². The third kappa shape index (κ3) is 0.881. The standard InChI is InChI=1S/C10H12N2/c1-2-7-3-4-10(11)9-6-12-5-8(7)9/h3-6,12H,2,11H2,1H3. The maximum Gasteiger partial charge on any atom is 0.0409 e. The monoisotopic (exact) mass is 160 g/mol. The average Bonchev–Trinajstić information content (AvgIpc) is 2.54. The van der Waals surface area contributed by atoms with Crippen LogP contribution in [0.5, 0.6) is 0 Å². The highest BCUT2D eigenvalue weighted by molar-refractivity contribution is 5.94. The number of anilines is 1. The maximum atomic E-state index is 5.80. The van der Waals surface area contributed by atoms with Gasteiger partial charge in [-0.15, -0.1) is 0 Å². The van der Waals surface area contributed by atoms with E-state index < -0.39 is 0 Å². The summed E-state index contributed by atoms with van der Waals surface area (Å²) in [6.45, 7) is 2.15. The molecule has 0 aliphatic heterocycles. The molecule has 62 valence electrons. The molecule has 0 aliphatic carbocycles. The van der Waals surface area contributed by atoms with Crippen LogP contribution in [-0.4, -0.2) is 4.98 Å². The first-order chi connectivity index (χ1) is 5.83. The predicted octanol–water partition coefficient (Wildman–Crippen LogP) is 2.31. The van der Waals surface area contributed by atoms with Crippen LogP contribution in [-0.2, 0) is 6.42 Å². The summed E-state index contributed by atoms with van der Waals surface area (Å²) in [7, 11) is 0. The zero-order valence-corrected chi connectivity index (χ0v) is 7.09. The first kappa shape index (κ1) is 7.22. The van der Waals surface area contributed by atoms with Gasteiger partial charge >= 0.3 is 0 Å². The second kappa shape index (κ2) is 2.55. The molecule has 2 rings (SSSR count). The zero-order chi connectivity index (χ0) is 8.55. The predicted molar refractivity (Wildman–Crippen MR) is 52.1 cm³/mol. The number of nitrogen functional groups attached to an aromatic ring is 1. The van der Waals surface area contributed by atoms with Gasteiger partial charge in [-0.1, -0.05) is 13.0 Å². The molecule has 2 heteroatoms. The van der Waals surface area contributed by atoms with Crippen molar-refractivity contribution in [3.8, 4) is 0 Å². The average molecular weight is 160 g/mol. The van der Waals surface area contributed by atoms with Gasteiger partial charge in [-0.25, -0.2) is 0 Å². The first-order valence-electron chi connectivity index (χ1n) is 4.16. The molecule has 0 fully saturated rings. The van der Waals surface area contributed by atoms with Crippen molar-refractivity contribution >= 4 is 16.5 Å². The minimum Gasteiger partial charge on any atom is -0.398 e. The molecule has 1 aromatic carbocycles. The van der Waals surface area contributed by atoms with Gasteiger partial charge in [-0.05, 0) is 18.1 Å². The molecule has 0 atom stereocenters. The van der Waals surface area contributed by atoms with Crippen molar-refractivity contribution in [1.29, 1.82) is 0 Å². The van der Waals surface area contributed by atoms with Crippen LogP contribution in [0.3, 0.4) is 0 Å². The molecule has 0 radical (unpaired) electrons. The summed E-state index contributed by atoms with van der Waals surface area (Å²) >= 11 is 0. The van der Waals surface area contributed by atoms with E-state index in [0.717, 1.165) is 17.5 Å². The highest BCUT2D eigenvalue weighted by Gasteiger charge is 2.01. The van der Waals surface area contributed by atoms with Gasteiger partial charge in [0.1, 0.15) is 0 Å². The fourth-order valence-corrected chi connectivity index (χ4v) is 1.55. The van der Waals surface area contributed by atoms with Gasteiger partial charge in [0, 0.05) is 28.9 Å². The van der Waals surface area contributed by atoms with Gasteiger partial charge in [0.15, 0.2) is 0 Å². The van der Waals surface area contributed by atoms with Crippen LogP contribution in [0.2, 0.25) is 0 Å². The molecule has 3 N–H and O–H groups in total. The Bertz CT molecular complexity index is 401. The van der Waals surface area contributed by atoms with E-state index in [9.17, 15) is 0 Å². The first-order valence-corrected chi connectivity index (χ1v) is 4.16. The number of hydrogen-bond acceptors (Lipinski definition) is 1. The fourth-order valence-electron chi connectivity index (χ4n) is 1.55. The minimum atomic E-state index is 0.850. The number of rotatable bonds is 1. The number of fused-ring (bicyclic) bond motifs is 1. The summed E-state index contributed by atoms with van der Waals surface area (Å²) in [4.78, 5) is 3.07. The number of aryl methyl sites for hydroxylation is 1. The SMILES string of the molecule is CCc1ccc(N)c2c[nH]cc12. The molecule has 0 saturated heterocycles. The van der Waals surface area contributed by atoms with Gasteiger partial charge in [-0.3, -0.25) is 0 Å².